The standard InChI is InChI=1S/C33H27N3O5S/c34-24-13-17-26(18-14-24)42-29-19-30(37)35(32(29)39)25-15-11-23(12-16-25)33(40)41-20-31(38)36-27-7-3-1-5-21(27)9-10-22-6-2-4-8-28(22)36/h1-8,11-18,29H,9-10,19-20,34H2. The molecule has 2 aliphatic heterocycles. The number of amides is 3. The highest BCUT2D eigenvalue weighted by Crippen LogP contribution is 2.37. The number of carbonyl (C=O) groups is 4. The monoisotopic (exact) mass is 577 g/mol. The second kappa shape index (κ2) is 11.5. The lowest BCUT2D eigenvalue weighted by Gasteiger charge is -2.24. The van der Waals surface area contributed by atoms with Crippen molar-refractivity contribution in [3.05, 3.63) is 114 Å². The van der Waals surface area contributed by atoms with Crippen LogP contribution in [0.3, 0.4) is 0 Å². The molecule has 1 atom stereocenters. The highest BCUT2D eigenvalue weighted by Gasteiger charge is 2.40. The van der Waals surface area contributed by atoms with E-state index in [0.717, 1.165) is 45.1 Å². The van der Waals surface area contributed by atoms with Crippen LogP contribution in [0.25, 0.3) is 0 Å². The summed E-state index contributed by atoms with van der Waals surface area (Å²) in [6, 6.07) is 28.6. The summed E-state index contributed by atoms with van der Waals surface area (Å²) in [5.74, 6) is -1.67. The third-order valence-electron chi connectivity index (χ3n) is 7.33. The Morgan fingerprint density at radius 1 is 0.810 bits per heavy atom. The number of para-hydroxylation sites is 2. The Hall–Kier alpha value is -4.89. The van der Waals surface area contributed by atoms with Crippen LogP contribution in [0.2, 0.25) is 0 Å². The van der Waals surface area contributed by atoms with E-state index in [0.29, 0.717) is 11.4 Å². The number of thioether (sulfide) groups is 1. The van der Waals surface area contributed by atoms with Gasteiger partial charge in [-0.1, -0.05) is 36.4 Å². The van der Waals surface area contributed by atoms with Gasteiger partial charge in [0.15, 0.2) is 6.61 Å². The fourth-order valence-electron chi connectivity index (χ4n) is 5.25. The third kappa shape index (κ3) is 5.38. The van der Waals surface area contributed by atoms with E-state index in [2.05, 4.69) is 0 Å². The maximum Gasteiger partial charge on any atom is 0.338 e. The smallest absolute Gasteiger partial charge is 0.338 e. The van der Waals surface area contributed by atoms with Crippen molar-refractivity contribution in [2.45, 2.75) is 29.4 Å². The molecule has 4 aromatic carbocycles. The van der Waals surface area contributed by atoms with Gasteiger partial charge >= 0.3 is 5.97 Å². The topological polar surface area (TPSA) is 110 Å². The molecule has 0 bridgehead atoms. The second-order valence-electron chi connectivity index (χ2n) is 10.1. The number of ether oxygens (including phenoxy) is 1. The minimum absolute atomic E-state index is 0.0720. The van der Waals surface area contributed by atoms with Crippen LogP contribution >= 0.6 is 11.8 Å². The van der Waals surface area contributed by atoms with E-state index in [1.54, 1.807) is 17.0 Å². The number of carbonyl (C=O) groups excluding carboxylic acids is 4. The first-order valence-electron chi connectivity index (χ1n) is 13.5. The van der Waals surface area contributed by atoms with Crippen LogP contribution in [0.5, 0.6) is 0 Å². The van der Waals surface area contributed by atoms with Crippen LogP contribution in [0.1, 0.15) is 27.9 Å². The van der Waals surface area contributed by atoms with Crippen molar-refractivity contribution in [2.75, 3.05) is 22.1 Å². The maximum atomic E-state index is 13.4. The zero-order chi connectivity index (χ0) is 29.2. The molecule has 0 aliphatic carbocycles. The van der Waals surface area contributed by atoms with Gasteiger partial charge in [-0.2, -0.15) is 0 Å². The quantitative estimate of drug-likeness (QED) is 0.188. The molecule has 8 nitrogen and oxygen atoms in total. The van der Waals surface area contributed by atoms with Crippen LogP contribution in [-0.2, 0) is 32.0 Å². The summed E-state index contributed by atoms with van der Waals surface area (Å²) in [6.07, 6.45) is 1.67. The molecule has 2 N–H and O–H groups in total. The van der Waals surface area contributed by atoms with E-state index in [1.165, 1.54) is 36.0 Å². The largest absolute Gasteiger partial charge is 0.452 e. The number of nitrogens with two attached hydrogens (primary N) is 1. The number of nitrogens with zero attached hydrogens (tertiary/aromatic N) is 2. The van der Waals surface area contributed by atoms with E-state index in [9.17, 15) is 19.2 Å². The van der Waals surface area contributed by atoms with Gasteiger partial charge in [0.05, 0.1) is 27.9 Å². The van der Waals surface area contributed by atoms with Crippen molar-refractivity contribution in [2.24, 2.45) is 0 Å². The molecule has 2 heterocycles. The fraction of sp³-hybridized carbons (Fsp3) is 0.152. The molecule has 0 radical (unpaired) electrons. The van der Waals surface area contributed by atoms with E-state index in [-0.39, 0.29) is 29.7 Å². The van der Waals surface area contributed by atoms with Crippen LogP contribution in [0.4, 0.5) is 22.7 Å². The Kier molecular flexibility index (Phi) is 7.50. The van der Waals surface area contributed by atoms with Gasteiger partial charge in [0, 0.05) is 17.0 Å². The zero-order valence-electron chi connectivity index (χ0n) is 22.6. The molecule has 9 heteroatoms. The minimum atomic E-state index is -0.679. The SMILES string of the molecule is Nc1ccc(SC2CC(=O)N(c3ccc(C(=O)OCC(=O)N4c5ccccc5CCc5ccccc54)cc3)C2=O)cc1. The van der Waals surface area contributed by atoms with Crippen molar-refractivity contribution in [3.63, 3.8) is 0 Å². The maximum absolute atomic E-state index is 13.4. The molecule has 6 rings (SSSR count). The molecule has 1 fully saturated rings. The third-order valence-corrected chi connectivity index (χ3v) is 8.53. The molecule has 42 heavy (non-hydrogen) atoms. The van der Waals surface area contributed by atoms with E-state index in [1.807, 2.05) is 60.7 Å². The van der Waals surface area contributed by atoms with Gasteiger partial charge in [-0.25, -0.2) is 9.69 Å². The summed E-state index contributed by atoms with van der Waals surface area (Å²) in [5.41, 5.74) is 10.6. The lowest BCUT2D eigenvalue weighted by atomic mass is 10.0. The number of nitrogen functional groups attached to an aromatic ring is 1. The summed E-state index contributed by atoms with van der Waals surface area (Å²) >= 11 is 1.31. The Morgan fingerprint density at radius 2 is 1.40 bits per heavy atom. The first-order valence-corrected chi connectivity index (χ1v) is 14.4. The van der Waals surface area contributed by atoms with Crippen molar-refractivity contribution >= 4 is 58.2 Å². The highest BCUT2D eigenvalue weighted by atomic mass is 32.2. The van der Waals surface area contributed by atoms with Gasteiger partial charge in [-0.3, -0.25) is 19.3 Å². The number of fused-ring (bicyclic) bond motifs is 2. The molecule has 1 unspecified atom stereocenters. The number of benzene rings is 4. The molecule has 1 saturated heterocycles. The Morgan fingerprint density at radius 3 is 2.02 bits per heavy atom. The van der Waals surface area contributed by atoms with Gasteiger partial charge in [0.25, 0.3) is 5.91 Å². The average molecular weight is 578 g/mol. The summed E-state index contributed by atoms with van der Waals surface area (Å²) in [6.45, 7) is -0.448. The highest BCUT2D eigenvalue weighted by molar-refractivity contribution is 8.00. The zero-order valence-corrected chi connectivity index (χ0v) is 23.4. The van der Waals surface area contributed by atoms with Crippen LogP contribution < -0.4 is 15.5 Å². The van der Waals surface area contributed by atoms with Crippen LogP contribution in [0.15, 0.2) is 102 Å². The van der Waals surface area contributed by atoms with Gasteiger partial charge in [-0.15, -0.1) is 11.8 Å². The Labute approximate surface area is 247 Å². The van der Waals surface area contributed by atoms with Crippen molar-refractivity contribution < 1.29 is 23.9 Å². The Balaban J connectivity index is 1.12. The molecule has 210 valence electrons. The Bertz CT molecular complexity index is 1640. The summed E-state index contributed by atoms with van der Waals surface area (Å²) < 4.78 is 5.42. The summed E-state index contributed by atoms with van der Waals surface area (Å²) in [4.78, 5) is 55.7. The van der Waals surface area contributed by atoms with E-state index >= 15 is 0 Å². The van der Waals surface area contributed by atoms with Crippen molar-refractivity contribution in [1.82, 2.24) is 0 Å². The van der Waals surface area contributed by atoms with Crippen molar-refractivity contribution in [3.8, 4) is 0 Å². The summed E-state index contributed by atoms with van der Waals surface area (Å²) in [7, 11) is 0. The van der Waals surface area contributed by atoms with E-state index in [4.69, 9.17) is 10.5 Å². The average Bonchev–Trinajstić information content (AvgIpc) is 3.18. The molecular weight excluding hydrogens is 550 g/mol. The van der Waals surface area contributed by atoms with Gasteiger partial charge < -0.3 is 10.5 Å². The molecule has 0 spiro atoms. The van der Waals surface area contributed by atoms with E-state index < -0.39 is 17.8 Å². The van der Waals surface area contributed by atoms with Gasteiger partial charge in [0.1, 0.15) is 0 Å². The van der Waals surface area contributed by atoms with Crippen LogP contribution in [-0.4, -0.2) is 35.5 Å². The second-order valence-corrected chi connectivity index (χ2v) is 11.3. The summed E-state index contributed by atoms with van der Waals surface area (Å²) in [5, 5.41) is -0.550. The fourth-order valence-corrected chi connectivity index (χ4v) is 6.30. The lowest BCUT2D eigenvalue weighted by molar-refractivity contribution is -0.122. The molecule has 0 aromatic heterocycles. The number of imide groups is 1. The van der Waals surface area contributed by atoms with Crippen molar-refractivity contribution in [1.29, 1.82) is 0 Å². The predicted molar refractivity (Wildman–Crippen MR) is 162 cm³/mol. The predicted octanol–water partition coefficient (Wildman–Crippen LogP) is 5.31. The number of anilines is 4. The molecule has 3 amide bonds. The molecular formula is C33H27N3O5S. The number of rotatable bonds is 6. The number of esters is 1. The molecule has 4 aromatic rings. The minimum Gasteiger partial charge on any atom is -0.452 e. The first kappa shape index (κ1) is 27.3. The normalized spacial score (nSPS) is 16.0. The van der Waals surface area contributed by atoms with Gasteiger partial charge in [0.2, 0.25) is 11.8 Å². The van der Waals surface area contributed by atoms with Crippen LogP contribution in [0, 0.1) is 0 Å². The number of aryl methyl sites for hydroxylation is 2. The molecule has 2 aliphatic rings. The number of hydrogen-bond donors (Lipinski definition) is 1. The number of hydrogen-bond acceptors (Lipinski definition) is 7. The first-order chi connectivity index (χ1) is 20.4. The lowest BCUT2D eigenvalue weighted by Crippen LogP contribution is -2.31. The molecule has 0 saturated carbocycles. The van der Waals surface area contributed by atoms with Gasteiger partial charge in [-0.05, 0) is 84.6 Å².